The van der Waals surface area contributed by atoms with Crippen LogP contribution in [0.2, 0.25) is 0 Å². The van der Waals surface area contributed by atoms with Gasteiger partial charge in [0.2, 0.25) is 0 Å². The van der Waals surface area contributed by atoms with Crippen molar-refractivity contribution in [1.29, 1.82) is 0 Å². The molecule has 2 aliphatic carbocycles. The molecule has 2 saturated carbocycles. The standard InChI is InChI=1S/2C9H18.2CH3.Hf/c2*1-9(2,3)8-6-4-5-7-8;;;/h2*8H,4-7H2,1-3H3;2*1H3;/q;;2*-1;+4. The van der Waals surface area contributed by atoms with Crippen LogP contribution < -0.4 is 0 Å². The summed E-state index contributed by atoms with van der Waals surface area (Å²) >= 11 is 0. The Morgan fingerprint density at radius 2 is 0.714 bits per heavy atom. The van der Waals surface area contributed by atoms with Crippen LogP contribution in [0.15, 0.2) is 0 Å². The van der Waals surface area contributed by atoms with Gasteiger partial charge in [0.05, 0.1) is 0 Å². The Bertz CT molecular complexity index is 193. The summed E-state index contributed by atoms with van der Waals surface area (Å²) in [5.74, 6) is 2.02. The first kappa shape index (κ1) is 26.8. The van der Waals surface area contributed by atoms with Crippen LogP contribution >= 0.6 is 0 Å². The fourth-order valence-corrected chi connectivity index (χ4v) is 3.58. The minimum Gasteiger partial charge on any atom is -0.358 e. The van der Waals surface area contributed by atoms with Gasteiger partial charge in [-0.25, -0.2) is 0 Å². The van der Waals surface area contributed by atoms with Crippen molar-refractivity contribution in [2.45, 2.75) is 92.9 Å². The Labute approximate surface area is 156 Å². The van der Waals surface area contributed by atoms with Crippen LogP contribution in [0.1, 0.15) is 92.9 Å². The molecular formula is C20H42Hf+2. The van der Waals surface area contributed by atoms with Crippen molar-refractivity contribution in [3.05, 3.63) is 14.9 Å². The van der Waals surface area contributed by atoms with Gasteiger partial charge in [-0.3, -0.25) is 0 Å². The smallest absolute Gasteiger partial charge is 0.358 e. The van der Waals surface area contributed by atoms with E-state index in [0.717, 1.165) is 11.8 Å². The summed E-state index contributed by atoms with van der Waals surface area (Å²) in [4.78, 5) is 0. The third-order valence-corrected chi connectivity index (χ3v) is 5.16. The minimum absolute atomic E-state index is 0. The van der Waals surface area contributed by atoms with E-state index in [-0.39, 0.29) is 40.7 Å². The molecule has 0 aliphatic heterocycles. The van der Waals surface area contributed by atoms with Crippen molar-refractivity contribution in [3.8, 4) is 0 Å². The van der Waals surface area contributed by atoms with E-state index in [4.69, 9.17) is 0 Å². The maximum atomic E-state index is 2.36. The Morgan fingerprint density at radius 1 is 0.524 bits per heavy atom. The van der Waals surface area contributed by atoms with Crippen LogP contribution in [0, 0.1) is 37.5 Å². The molecule has 0 aromatic heterocycles. The van der Waals surface area contributed by atoms with E-state index in [1.165, 1.54) is 51.4 Å². The first-order chi connectivity index (χ1) is 8.21. The summed E-state index contributed by atoms with van der Waals surface area (Å²) in [6.45, 7) is 14.2. The van der Waals surface area contributed by atoms with E-state index in [1.807, 2.05) is 0 Å². The van der Waals surface area contributed by atoms with Crippen LogP contribution in [0.4, 0.5) is 0 Å². The molecular weight excluding hydrogens is 419 g/mol. The first-order valence-electron chi connectivity index (χ1n) is 8.21. The Kier molecular flexibility index (Phi) is 14.5. The molecule has 124 valence electrons. The van der Waals surface area contributed by atoms with Gasteiger partial charge in [-0.15, -0.1) is 0 Å². The molecule has 0 nitrogen and oxygen atoms in total. The van der Waals surface area contributed by atoms with E-state index in [1.54, 1.807) is 0 Å². The third-order valence-electron chi connectivity index (χ3n) is 5.16. The number of hydrogen-bond acceptors (Lipinski definition) is 0. The number of rotatable bonds is 0. The SMILES string of the molecule is CC(C)(C)C1CCCC1.CC(C)(C)C1CCCC1.[CH3-].[CH3-].[Hf+4]. The fraction of sp³-hybridized carbons (Fsp3) is 0.900. The van der Waals surface area contributed by atoms with Gasteiger partial charge < -0.3 is 14.9 Å². The normalized spacial score (nSPS) is 19.7. The largest absolute Gasteiger partial charge is 4.00 e. The van der Waals surface area contributed by atoms with E-state index in [2.05, 4.69) is 41.5 Å². The molecule has 21 heavy (non-hydrogen) atoms. The average molecular weight is 461 g/mol. The van der Waals surface area contributed by atoms with Crippen molar-refractivity contribution >= 4 is 0 Å². The Balaban J connectivity index is -0.000000270. The Morgan fingerprint density at radius 3 is 0.810 bits per heavy atom. The van der Waals surface area contributed by atoms with Crippen molar-refractivity contribution in [1.82, 2.24) is 0 Å². The zero-order chi connectivity index (χ0) is 13.8. The molecule has 2 aliphatic rings. The summed E-state index contributed by atoms with van der Waals surface area (Å²) in [5, 5.41) is 0. The molecule has 2 rings (SSSR count). The molecule has 0 atom stereocenters. The van der Waals surface area contributed by atoms with Crippen LogP contribution in [0.25, 0.3) is 0 Å². The van der Waals surface area contributed by atoms with Crippen LogP contribution in [-0.2, 0) is 25.8 Å². The second-order valence-electron chi connectivity index (χ2n) is 8.69. The monoisotopic (exact) mass is 462 g/mol. The van der Waals surface area contributed by atoms with E-state index in [9.17, 15) is 0 Å². The predicted octanol–water partition coefficient (Wildman–Crippen LogP) is 7.34. The zero-order valence-electron chi connectivity index (χ0n) is 16.3. The molecule has 0 N–H and O–H groups in total. The second-order valence-corrected chi connectivity index (χ2v) is 8.69. The van der Waals surface area contributed by atoms with E-state index in [0.29, 0.717) is 10.8 Å². The second kappa shape index (κ2) is 11.4. The molecule has 0 aromatic carbocycles. The summed E-state index contributed by atoms with van der Waals surface area (Å²) < 4.78 is 0. The molecule has 0 spiro atoms. The minimum atomic E-state index is 0. The summed E-state index contributed by atoms with van der Waals surface area (Å²) in [7, 11) is 0. The van der Waals surface area contributed by atoms with Crippen LogP contribution in [0.5, 0.6) is 0 Å². The molecule has 2 fully saturated rings. The number of hydrogen-bond donors (Lipinski definition) is 0. The summed E-state index contributed by atoms with van der Waals surface area (Å²) in [6.07, 6.45) is 11.8. The molecule has 0 heterocycles. The van der Waals surface area contributed by atoms with Crippen molar-refractivity contribution in [2.75, 3.05) is 0 Å². The van der Waals surface area contributed by atoms with Crippen molar-refractivity contribution < 1.29 is 25.8 Å². The van der Waals surface area contributed by atoms with Crippen LogP contribution in [-0.4, -0.2) is 0 Å². The van der Waals surface area contributed by atoms with Gasteiger partial charge in [-0.05, 0) is 48.3 Å². The van der Waals surface area contributed by atoms with Gasteiger partial charge in [0.25, 0.3) is 0 Å². The molecule has 0 unspecified atom stereocenters. The quantitative estimate of drug-likeness (QED) is 0.262. The van der Waals surface area contributed by atoms with Crippen molar-refractivity contribution in [2.24, 2.45) is 22.7 Å². The first-order valence-corrected chi connectivity index (χ1v) is 8.21. The van der Waals surface area contributed by atoms with Crippen molar-refractivity contribution in [3.63, 3.8) is 0 Å². The summed E-state index contributed by atoms with van der Waals surface area (Å²) in [5.41, 5.74) is 1.16. The van der Waals surface area contributed by atoms with Gasteiger partial charge >= 0.3 is 25.8 Å². The summed E-state index contributed by atoms with van der Waals surface area (Å²) in [6, 6.07) is 0. The third kappa shape index (κ3) is 10.3. The van der Waals surface area contributed by atoms with Gasteiger partial charge in [0.1, 0.15) is 0 Å². The van der Waals surface area contributed by atoms with Gasteiger partial charge in [0, 0.05) is 0 Å². The molecule has 0 bridgehead atoms. The maximum absolute atomic E-state index is 2.36. The van der Waals surface area contributed by atoms with Gasteiger partial charge in [-0.2, -0.15) is 0 Å². The topological polar surface area (TPSA) is 0 Å². The average Bonchev–Trinajstić information content (AvgIpc) is 2.91. The fourth-order valence-electron chi connectivity index (χ4n) is 3.58. The van der Waals surface area contributed by atoms with Gasteiger partial charge in [0.15, 0.2) is 0 Å². The molecule has 1 heteroatoms. The molecule has 0 amide bonds. The molecule has 0 radical (unpaired) electrons. The van der Waals surface area contributed by atoms with Gasteiger partial charge in [-0.1, -0.05) is 67.2 Å². The maximum Gasteiger partial charge on any atom is 4.00 e. The predicted molar refractivity (Wildman–Crippen MR) is 95.7 cm³/mol. The van der Waals surface area contributed by atoms with E-state index < -0.39 is 0 Å². The van der Waals surface area contributed by atoms with Crippen LogP contribution in [0.3, 0.4) is 0 Å². The molecule has 0 aromatic rings. The Hall–Kier alpha value is 0.870. The zero-order valence-corrected chi connectivity index (χ0v) is 19.9. The molecule has 0 saturated heterocycles. The van der Waals surface area contributed by atoms with E-state index >= 15 is 0 Å².